The Hall–Kier alpha value is -2.07. The van der Waals surface area contributed by atoms with Gasteiger partial charge in [-0.2, -0.15) is 0 Å². The van der Waals surface area contributed by atoms with Gasteiger partial charge in [0.1, 0.15) is 5.82 Å². The number of nitrogens with zero attached hydrogens (tertiary/aromatic N) is 3. The smallest absolute Gasteiger partial charge is 0.125 e. The van der Waals surface area contributed by atoms with Crippen molar-refractivity contribution in [3.63, 3.8) is 0 Å². The molecular formula is C14H11N3S. The molecule has 3 aromatic rings. The van der Waals surface area contributed by atoms with Gasteiger partial charge < -0.3 is 0 Å². The molecule has 0 saturated carbocycles. The van der Waals surface area contributed by atoms with Crippen molar-refractivity contribution in [2.24, 2.45) is 0 Å². The molecule has 0 aromatic carbocycles. The Morgan fingerprint density at radius 3 is 2.67 bits per heavy atom. The quantitative estimate of drug-likeness (QED) is 0.700. The van der Waals surface area contributed by atoms with Gasteiger partial charge in [0.25, 0.3) is 0 Å². The molecule has 4 heteroatoms. The molecule has 0 spiro atoms. The van der Waals surface area contributed by atoms with Crippen molar-refractivity contribution in [2.75, 3.05) is 0 Å². The molecule has 0 N–H and O–H groups in total. The van der Waals surface area contributed by atoms with Gasteiger partial charge in [0, 0.05) is 24.2 Å². The summed E-state index contributed by atoms with van der Waals surface area (Å²) in [5, 5.41) is 2.06. The summed E-state index contributed by atoms with van der Waals surface area (Å²) >= 11 is 1.69. The summed E-state index contributed by atoms with van der Waals surface area (Å²) in [6.45, 7) is 1.91. The number of aryl methyl sites for hydroxylation is 1. The summed E-state index contributed by atoms with van der Waals surface area (Å²) in [4.78, 5) is 14.1. The van der Waals surface area contributed by atoms with Gasteiger partial charge in [-0.3, -0.25) is 4.98 Å². The van der Waals surface area contributed by atoms with E-state index in [4.69, 9.17) is 0 Å². The molecule has 0 atom stereocenters. The molecule has 0 aliphatic rings. The molecule has 0 saturated heterocycles. The Morgan fingerprint density at radius 2 is 1.94 bits per heavy atom. The highest BCUT2D eigenvalue weighted by atomic mass is 32.1. The van der Waals surface area contributed by atoms with Crippen LogP contribution in [0.1, 0.15) is 5.82 Å². The fraction of sp³-hybridized carbons (Fsp3) is 0.0714. The number of hydrogen-bond acceptors (Lipinski definition) is 4. The summed E-state index contributed by atoms with van der Waals surface area (Å²) < 4.78 is 0. The van der Waals surface area contributed by atoms with E-state index in [1.54, 1.807) is 23.7 Å². The predicted molar refractivity (Wildman–Crippen MR) is 73.3 cm³/mol. The van der Waals surface area contributed by atoms with E-state index in [0.29, 0.717) is 0 Å². The van der Waals surface area contributed by atoms with E-state index in [0.717, 1.165) is 27.5 Å². The minimum absolute atomic E-state index is 0.788. The van der Waals surface area contributed by atoms with Crippen LogP contribution in [0.15, 0.2) is 48.2 Å². The average Bonchev–Trinajstić information content (AvgIpc) is 2.93. The van der Waals surface area contributed by atoms with Crippen LogP contribution in [0.5, 0.6) is 0 Å². The van der Waals surface area contributed by atoms with E-state index in [9.17, 15) is 0 Å². The average molecular weight is 253 g/mol. The van der Waals surface area contributed by atoms with E-state index in [2.05, 4.69) is 26.4 Å². The largest absolute Gasteiger partial charge is 0.265 e. The zero-order chi connectivity index (χ0) is 12.4. The molecular weight excluding hydrogens is 242 g/mol. The van der Waals surface area contributed by atoms with Crippen LogP contribution in [0, 0.1) is 6.92 Å². The van der Waals surface area contributed by atoms with Gasteiger partial charge in [0.05, 0.1) is 10.6 Å². The van der Waals surface area contributed by atoms with Crippen molar-refractivity contribution < 1.29 is 0 Å². The molecule has 0 aliphatic heterocycles. The number of thiophene rings is 1. The fourth-order valence-electron chi connectivity index (χ4n) is 1.81. The summed E-state index contributed by atoms with van der Waals surface area (Å²) in [5.41, 5.74) is 3.13. The molecule has 0 radical (unpaired) electrons. The van der Waals surface area contributed by atoms with Gasteiger partial charge in [-0.15, -0.1) is 11.3 Å². The fourth-order valence-corrected chi connectivity index (χ4v) is 2.54. The Morgan fingerprint density at radius 1 is 1.11 bits per heavy atom. The molecule has 0 amide bonds. The Kier molecular flexibility index (Phi) is 2.86. The molecule has 0 bridgehead atoms. The lowest BCUT2D eigenvalue weighted by Crippen LogP contribution is -1.93. The van der Waals surface area contributed by atoms with Crippen molar-refractivity contribution in [1.82, 2.24) is 15.0 Å². The van der Waals surface area contributed by atoms with Crippen LogP contribution in [0.2, 0.25) is 0 Å². The van der Waals surface area contributed by atoms with Crippen molar-refractivity contribution in [3.8, 4) is 21.7 Å². The maximum atomic E-state index is 4.57. The van der Waals surface area contributed by atoms with Gasteiger partial charge in [-0.05, 0) is 36.1 Å². The van der Waals surface area contributed by atoms with Crippen LogP contribution in [-0.2, 0) is 0 Å². The van der Waals surface area contributed by atoms with Crippen molar-refractivity contribution in [1.29, 1.82) is 0 Å². The molecule has 18 heavy (non-hydrogen) atoms. The highest BCUT2D eigenvalue weighted by Crippen LogP contribution is 2.32. The van der Waals surface area contributed by atoms with Crippen molar-refractivity contribution in [3.05, 3.63) is 54.1 Å². The molecule has 3 heterocycles. The second kappa shape index (κ2) is 4.66. The molecule has 88 valence electrons. The zero-order valence-electron chi connectivity index (χ0n) is 9.87. The standard InChI is InChI=1S/C14H11N3S/c1-10-16-9-12(11-4-6-15-7-5-11)14(17-10)13-3-2-8-18-13/h2-9H,1H3. The van der Waals surface area contributed by atoms with E-state index >= 15 is 0 Å². The Bertz CT molecular complexity index is 648. The lowest BCUT2D eigenvalue weighted by molar-refractivity contribution is 1.06. The monoisotopic (exact) mass is 253 g/mol. The third kappa shape index (κ3) is 2.02. The minimum atomic E-state index is 0.788. The van der Waals surface area contributed by atoms with Crippen LogP contribution in [0.25, 0.3) is 21.7 Å². The third-order valence-corrected chi connectivity index (χ3v) is 3.53. The summed E-state index contributed by atoms with van der Waals surface area (Å²) in [5.74, 6) is 0.788. The van der Waals surface area contributed by atoms with Gasteiger partial charge in [-0.25, -0.2) is 9.97 Å². The number of rotatable bonds is 2. The second-order valence-corrected chi connectivity index (χ2v) is 4.84. The number of pyridine rings is 1. The van der Waals surface area contributed by atoms with Crippen LogP contribution >= 0.6 is 11.3 Å². The zero-order valence-corrected chi connectivity index (χ0v) is 10.7. The molecule has 3 aromatic heterocycles. The number of aromatic nitrogens is 3. The molecule has 0 fully saturated rings. The van der Waals surface area contributed by atoms with Crippen LogP contribution in [-0.4, -0.2) is 15.0 Å². The molecule has 3 nitrogen and oxygen atoms in total. The first-order chi connectivity index (χ1) is 8.84. The Balaban J connectivity index is 2.21. The van der Waals surface area contributed by atoms with Crippen molar-refractivity contribution >= 4 is 11.3 Å². The highest BCUT2D eigenvalue weighted by molar-refractivity contribution is 7.13. The maximum Gasteiger partial charge on any atom is 0.125 e. The number of hydrogen-bond donors (Lipinski definition) is 0. The van der Waals surface area contributed by atoms with E-state index < -0.39 is 0 Å². The van der Waals surface area contributed by atoms with Crippen LogP contribution < -0.4 is 0 Å². The van der Waals surface area contributed by atoms with Crippen LogP contribution in [0.3, 0.4) is 0 Å². The molecule has 0 unspecified atom stereocenters. The van der Waals surface area contributed by atoms with Gasteiger partial charge in [0.15, 0.2) is 0 Å². The van der Waals surface area contributed by atoms with Gasteiger partial charge >= 0.3 is 0 Å². The minimum Gasteiger partial charge on any atom is -0.265 e. The summed E-state index contributed by atoms with van der Waals surface area (Å²) in [6.07, 6.45) is 5.45. The lowest BCUT2D eigenvalue weighted by atomic mass is 10.1. The maximum absolute atomic E-state index is 4.57. The summed E-state index contributed by atoms with van der Waals surface area (Å²) in [6, 6.07) is 8.07. The highest BCUT2D eigenvalue weighted by Gasteiger charge is 2.10. The van der Waals surface area contributed by atoms with Gasteiger partial charge in [0.2, 0.25) is 0 Å². The van der Waals surface area contributed by atoms with Crippen molar-refractivity contribution in [2.45, 2.75) is 6.92 Å². The topological polar surface area (TPSA) is 38.7 Å². The first-order valence-electron chi connectivity index (χ1n) is 5.62. The molecule has 0 aliphatic carbocycles. The Labute approximate surface area is 109 Å². The second-order valence-electron chi connectivity index (χ2n) is 3.89. The lowest BCUT2D eigenvalue weighted by Gasteiger charge is -2.07. The van der Waals surface area contributed by atoms with Gasteiger partial charge in [-0.1, -0.05) is 6.07 Å². The third-order valence-electron chi connectivity index (χ3n) is 2.66. The normalized spacial score (nSPS) is 10.5. The summed E-state index contributed by atoms with van der Waals surface area (Å²) in [7, 11) is 0. The van der Waals surface area contributed by atoms with E-state index in [1.165, 1.54) is 0 Å². The predicted octanol–water partition coefficient (Wildman–Crippen LogP) is 3.58. The SMILES string of the molecule is Cc1ncc(-c2ccncc2)c(-c2cccs2)n1. The first kappa shape index (κ1) is 11.0. The van der Waals surface area contributed by atoms with E-state index in [1.807, 2.05) is 31.3 Å². The molecule has 3 rings (SSSR count). The van der Waals surface area contributed by atoms with Crippen LogP contribution in [0.4, 0.5) is 0 Å². The first-order valence-corrected chi connectivity index (χ1v) is 6.50. The van der Waals surface area contributed by atoms with E-state index in [-0.39, 0.29) is 0 Å².